The number of nitrogens with one attached hydrogen (secondary N) is 3. The highest BCUT2D eigenvalue weighted by molar-refractivity contribution is 6.34. The number of nitrogens with zero attached hydrogens (tertiary/aromatic N) is 2. The second kappa shape index (κ2) is 8.85. The number of carbonyl (C=O) groups is 1. The number of aryl methyl sites for hydroxylation is 1. The van der Waals surface area contributed by atoms with E-state index in [2.05, 4.69) is 22.5 Å². The van der Waals surface area contributed by atoms with Gasteiger partial charge in [0.05, 0.1) is 34.6 Å². The summed E-state index contributed by atoms with van der Waals surface area (Å²) in [4.78, 5) is 19.1. The molecule has 4 rings (SSSR count). The number of halogens is 1. The van der Waals surface area contributed by atoms with Crippen molar-refractivity contribution in [1.29, 1.82) is 5.41 Å². The fourth-order valence-corrected chi connectivity index (χ4v) is 4.67. The lowest BCUT2D eigenvalue weighted by Crippen LogP contribution is -2.62. The average Bonchev–Trinajstić information content (AvgIpc) is 2.76. The Kier molecular flexibility index (Phi) is 6.16. The fraction of sp³-hybridized carbons (Fsp3) is 0.435. The molecular weight excluding hydrogens is 414 g/mol. The molecule has 2 aliphatic rings. The molecule has 1 amide bonds. The maximum Gasteiger partial charge on any atom is 0.232 e. The van der Waals surface area contributed by atoms with Crippen molar-refractivity contribution in [3.63, 3.8) is 0 Å². The Morgan fingerprint density at radius 2 is 2.10 bits per heavy atom. The van der Waals surface area contributed by atoms with Crippen LogP contribution in [0.2, 0.25) is 5.02 Å². The molecule has 3 heterocycles. The maximum atomic E-state index is 13.1. The van der Waals surface area contributed by atoms with E-state index in [-0.39, 0.29) is 24.3 Å². The Bertz CT molecular complexity index is 954. The molecule has 8 heteroatoms. The third-order valence-electron chi connectivity index (χ3n) is 6.02. The van der Waals surface area contributed by atoms with Crippen LogP contribution in [0.3, 0.4) is 0 Å². The summed E-state index contributed by atoms with van der Waals surface area (Å²) in [7, 11) is 0. The van der Waals surface area contributed by atoms with E-state index in [1.54, 1.807) is 11.1 Å². The number of hydrogen-bond acceptors (Lipinski definition) is 5. The first-order chi connectivity index (χ1) is 14.9. The summed E-state index contributed by atoms with van der Waals surface area (Å²) >= 11 is 6.79. The van der Waals surface area contributed by atoms with Crippen LogP contribution in [0.4, 0.5) is 11.4 Å². The number of hydrogen-bond donors (Lipinski definition) is 3. The highest BCUT2D eigenvalue weighted by atomic mass is 35.5. The summed E-state index contributed by atoms with van der Waals surface area (Å²) in [5.74, 6) is 0.0615. The maximum absolute atomic E-state index is 13.1. The zero-order valence-electron chi connectivity index (χ0n) is 17.9. The van der Waals surface area contributed by atoms with Gasteiger partial charge in [-0.3, -0.25) is 20.1 Å². The van der Waals surface area contributed by atoms with Gasteiger partial charge in [-0.25, -0.2) is 0 Å². The van der Waals surface area contributed by atoms with Crippen molar-refractivity contribution in [2.75, 3.05) is 18.5 Å². The minimum absolute atomic E-state index is 0.00728. The van der Waals surface area contributed by atoms with Gasteiger partial charge < -0.3 is 15.4 Å². The van der Waals surface area contributed by atoms with E-state index in [0.29, 0.717) is 18.2 Å². The van der Waals surface area contributed by atoms with E-state index in [1.165, 1.54) is 0 Å². The fourth-order valence-electron chi connectivity index (χ4n) is 4.29. The molecule has 1 aromatic heterocycles. The Hall–Kier alpha value is -2.64. The van der Waals surface area contributed by atoms with Gasteiger partial charge in [-0.2, -0.15) is 0 Å². The van der Waals surface area contributed by atoms with Crippen LogP contribution in [0.5, 0.6) is 0 Å². The highest BCUT2D eigenvalue weighted by Gasteiger charge is 2.43. The van der Waals surface area contributed by atoms with Gasteiger partial charge in [-0.1, -0.05) is 30.7 Å². The zero-order chi connectivity index (χ0) is 22.0. The molecule has 2 aliphatic heterocycles. The van der Waals surface area contributed by atoms with Crippen LogP contribution < -0.4 is 10.6 Å². The summed E-state index contributed by atoms with van der Waals surface area (Å²) in [6, 6.07) is 9.67. The molecule has 1 aromatic carbocycles. The van der Waals surface area contributed by atoms with Crippen molar-refractivity contribution in [3.05, 3.63) is 52.8 Å². The van der Waals surface area contributed by atoms with Crippen LogP contribution in [0.1, 0.15) is 44.4 Å². The number of anilines is 2. The normalized spacial score (nSPS) is 22.4. The van der Waals surface area contributed by atoms with Crippen molar-refractivity contribution >= 4 is 34.8 Å². The quantitative estimate of drug-likeness (QED) is 0.647. The molecule has 0 radical (unpaired) electrons. The van der Waals surface area contributed by atoms with E-state index in [4.69, 9.17) is 21.7 Å². The molecule has 0 spiro atoms. The summed E-state index contributed by atoms with van der Waals surface area (Å²) in [6.45, 7) is 5.22. The topological polar surface area (TPSA) is 90.3 Å². The van der Waals surface area contributed by atoms with Gasteiger partial charge in [0.25, 0.3) is 0 Å². The van der Waals surface area contributed by atoms with Crippen molar-refractivity contribution in [2.24, 2.45) is 0 Å². The average molecular weight is 442 g/mol. The number of ether oxygens (including phenoxy) is 1. The van der Waals surface area contributed by atoms with Gasteiger partial charge in [0.15, 0.2) is 5.96 Å². The first-order valence-electron chi connectivity index (χ1n) is 10.7. The lowest BCUT2D eigenvalue weighted by molar-refractivity contribution is -0.133. The number of aromatic nitrogens is 1. The molecule has 2 fully saturated rings. The van der Waals surface area contributed by atoms with Gasteiger partial charge in [0.2, 0.25) is 5.91 Å². The summed E-state index contributed by atoms with van der Waals surface area (Å²) in [5, 5.41) is 15.6. The molecule has 3 N–H and O–H groups in total. The SMILES string of the molecule is CCc1ccc(Nc2cccc([C@]3(C)CC(=O)N(C4CCOCC4)C(=N)N3)c2Cl)cn1. The first-order valence-corrected chi connectivity index (χ1v) is 11.1. The van der Waals surface area contributed by atoms with Crippen LogP contribution in [-0.2, 0) is 21.5 Å². The van der Waals surface area contributed by atoms with Gasteiger partial charge >= 0.3 is 0 Å². The smallest absolute Gasteiger partial charge is 0.232 e. The standard InChI is InChI=1S/C23H28ClN5O2/c1-3-15-7-8-16(14-26-15)27-19-6-4-5-18(21(19)24)23(2)13-20(30)29(22(25)28-23)17-9-11-31-12-10-17/h4-8,14,17,27H,3,9-13H2,1-2H3,(H2,25,28)/t23-/m0/s1. The molecule has 2 aromatic rings. The zero-order valence-corrected chi connectivity index (χ0v) is 18.6. The third kappa shape index (κ3) is 4.38. The molecule has 0 aliphatic carbocycles. The molecule has 0 unspecified atom stereocenters. The van der Waals surface area contributed by atoms with Gasteiger partial charge in [0, 0.05) is 24.9 Å². The van der Waals surface area contributed by atoms with E-state index >= 15 is 0 Å². The van der Waals surface area contributed by atoms with Crippen molar-refractivity contribution in [1.82, 2.24) is 15.2 Å². The summed E-state index contributed by atoms with van der Waals surface area (Å²) < 4.78 is 5.40. The van der Waals surface area contributed by atoms with Crippen molar-refractivity contribution < 1.29 is 9.53 Å². The monoisotopic (exact) mass is 441 g/mol. The minimum Gasteiger partial charge on any atom is -0.381 e. The lowest BCUT2D eigenvalue weighted by atomic mass is 9.85. The summed E-state index contributed by atoms with van der Waals surface area (Å²) in [6.07, 6.45) is 4.39. The lowest BCUT2D eigenvalue weighted by Gasteiger charge is -2.45. The Labute approximate surface area is 187 Å². The third-order valence-corrected chi connectivity index (χ3v) is 6.43. The first kappa shape index (κ1) is 21.6. The van der Waals surface area contributed by atoms with Gasteiger partial charge in [-0.15, -0.1) is 0 Å². The number of rotatable bonds is 5. The van der Waals surface area contributed by atoms with Crippen LogP contribution >= 0.6 is 11.6 Å². The Morgan fingerprint density at radius 1 is 1.32 bits per heavy atom. The van der Waals surface area contributed by atoms with Crippen LogP contribution in [0.15, 0.2) is 36.5 Å². The molecule has 2 saturated heterocycles. The molecule has 1 atom stereocenters. The predicted octanol–water partition coefficient (Wildman–Crippen LogP) is 4.19. The van der Waals surface area contributed by atoms with Crippen LogP contribution in [-0.4, -0.2) is 41.0 Å². The van der Waals surface area contributed by atoms with Gasteiger partial charge in [0.1, 0.15) is 0 Å². The van der Waals surface area contributed by atoms with Crippen molar-refractivity contribution in [2.45, 2.75) is 51.1 Å². The number of pyridine rings is 1. The molecule has 0 saturated carbocycles. The molecular formula is C23H28ClN5O2. The highest BCUT2D eigenvalue weighted by Crippen LogP contribution is 2.39. The minimum atomic E-state index is -0.769. The van der Waals surface area contributed by atoms with Gasteiger partial charge in [-0.05, 0) is 49.9 Å². The number of carbonyl (C=O) groups excluding carboxylic acids is 1. The second-order valence-electron chi connectivity index (χ2n) is 8.27. The Morgan fingerprint density at radius 3 is 2.74 bits per heavy atom. The van der Waals surface area contributed by atoms with Crippen LogP contribution in [0, 0.1) is 5.41 Å². The Balaban J connectivity index is 1.56. The largest absolute Gasteiger partial charge is 0.381 e. The number of benzene rings is 1. The van der Waals surface area contributed by atoms with Crippen molar-refractivity contribution in [3.8, 4) is 0 Å². The number of amides is 1. The number of guanidine groups is 1. The molecule has 164 valence electrons. The predicted molar refractivity (Wildman–Crippen MR) is 122 cm³/mol. The van der Waals surface area contributed by atoms with E-state index in [0.717, 1.165) is 41.9 Å². The molecule has 31 heavy (non-hydrogen) atoms. The summed E-state index contributed by atoms with van der Waals surface area (Å²) in [5.41, 5.74) is 2.61. The van der Waals surface area contributed by atoms with Crippen LogP contribution in [0.25, 0.3) is 0 Å². The second-order valence-corrected chi connectivity index (χ2v) is 8.65. The molecule has 0 bridgehead atoms. The van der Waals surface area contributed by atoms with E-state index < -0.39 is 5.54 Å². The molecule has 7 nitrogen and oxygen atoms in total. The van der Waals surface area contributed by atoms with E-state index in [9.17, 15) is 4.79 Å². The van der Waals surface area contributed by atoms with E-state index in [1.807, 2.05) is 37.3 Å².